The first-order valence-electron chi connectivity index (χ1n) is 8.00. The molecule has 0 radical (unpaired) electrons. The van der Waals surface area contributed by atoms with Crippen molar-refractivity contribution in [3.63, 3.8) is 0 Å². The number of rotatable bonds is 8. The quantitative estimate of drug-likeness (QED) is 0.414. The van der Waals surface area contributed by atoms with Gasteiger partial charge in [-0.15, -0.1) is 24.8 Å². The van der Waals surface area contributed by atoms with Crippen molar-refractivity contribution in [1.82, 2.24) is 15.0 Å². The van der Waals surface area contributed by atoms with Crippen LogP contribution in [0.25, 0.3) is 0 Å². The molecule has 2 heterocycles. The van der Waals surface area contributed by atoms with Gasteiger partial charge in [-0.3, -0.25) is 0 Å². The number of benzene rings is 1. The average molecular weight is 482 g/mol. The fourth-order valence-electron chi connectivity index (χ4n) is 2.28. The van der Waals surface area contributed by atoms with E-state index in [1.165, 1.54) is 11.8 Å². The lowest BCUT2D eigenvalue weighted by atomic mass is 10.2. The number of thioether (sulfide) groups is 1. The number of anilines is 1. The molecule has 3 rings (SSSR count). The van der Waals surface area contributed by atoms with E-state index in [1.54, 1.807) is 6.20 Å². The molecule has 1 N–H and O–H groups in total. The SMILES string of the molecule is CN(CCOc1ccccc1CSc1nc(Cl)c(Cl)[nH]1)c1ccccn1.Cl.Cl. The third-order valence-electron chi connectivity index (χ3n) is 3.66. The summed E-state index contributed by atoms with van der Waals surface area (Å²) in [4.78, 5) is 13.5. The molecule has 0 saturated carbocycles. The molecule has 0 saturated heterocycles. The fraction of sp³-hybridized carbons (Fsp3) is 0.222. The van der Waals surface area contributed by atoms with Crippen molar-refractivity contribution in [2.75, 3.05) is 25.1 Å². The molecular weight excluding hydrogens is 462 g/mol. The second-order valence-corrected chi connectivity index (χ2v) is 7.20. The number of hydrogen-bond acceptors (Lipinski definition) is 5. The van der Waals surface area contributed by atoms with Gasteiger partial charge >= 0.3 is 0 Å². The van der Waals surface area contributed by atoms with E-state index in [0.717, 1.165) is 23.7 Å². The summed E-state index contributed by atoms with van der Waals surface area (Å²) >= 11 is 13.3. The topological polar surface area (TPSA) is 54.0 Å². The highest BCUT2D eigenvalue weighted by molar-refractivity contribution is 7.98. The van der Waals surface area contributed by atoms with Gasteiger partial charge in [0, 0.05) is 24.6 Å². The van der Waals surface area contributed by atoms with Crippen molar-refractivity contribution in [3.8, 4) is 5.75 Å². The summed E-state index contributed by atoms with van der Waals surface area (Å²) in [6.07, 6.45) is 1.78. The molecule has 0 atom stereocenters. The number of halogens is 4. The molecule has 2 aromatic heterocycles. The molecule has 1 aromatic carbocycles. The standard InChI is InChI=1S/C18H18Cl2N4OS.2ClH/c1-24(15-8-4-5-9-21-15)10-11-25-14-7-3-2-6-13(14)12-26-18-22-16(19)17(20)23-18;;/h2-9H,10-12H2,1H3,(H,22,23);2*1H. The Hall–Kier alpha value is -1.31. The molecule has 5 nitrogen and oxygen atoms in total. The Bertz CT molecular complexity index is 831. The van der Waals surface area contributed by atoms with Crippen molar-refractivity contribution < 1.29 is 4.74 Å². The highest BCUT2D eigenvalue weighted by atomic mass is 35.5. The van der Waals surface area contributed by atoms with Crippen molar-refractivity contribution in [2.24, 2.45) is 0 Å². The van der Waals surface area contributed by atoms with Crippen LogP contribution in [0, 0.1) is 0 Å². The van der Waals surface area contributed by atoms with Gasteiger partial charge in [-0.05, 0) is 18.2 Å². The van der Waals surface area contributed by atoms with Gasteiger partial charge in [0.2, 0.25) is 0 Å². The number of H-pyrrole nitrogens is 1. The van der Waals surface area contributed by atoms with Gasteiger partial charge in [0.1, 0.15) is 23.3 Å². The first kappa shape index (κ1) is 24.7. The predicted octanol–water partition coefficient (Wildman–Crippen LogP) is 5.76. The van der Waals surface area contributed by atoms with Gasteiger partial charge in [-0.2, -0.15) is 0 Å². The van der Waals surface area contributed by atoms with Crippen LogP contribution in [-0.4, -0.2) is 35.2 Å². The van der Waals surface area contributed by atoms with Crippen LogP contribution in [0.2, 0.25) is 10.3 Å². The van der Waals surface area contributed by atoms with E-state index in [9.17, 15) is 0 Å². The lowest BCUT2D eigenvalue weighted by Gasteiger charge is -2.18. The first-order valence-corrected chi connectivity index (χ1v) is 9.74. The number of pyridine rings is 1. The van der Waals surface area contributed by atoms with E-state index in [-0.39, 0.29) is 30.0 Å². The molecule has 0 bridgehead atoms. The number of imidazole rings is 1. The van der Waals surface area contributed by atoms with E-state index in [1.807, 2.05) is 49.5 Å². The van der Waals surface area contributed by atoms with E-state index in [2.05, 4.69) is 19.9 Å². The molecule has 0 unspecified atom stereocenters. The zero-order valence-electron chi connectivity index (χ0n) is 15.0. The number of aromatic nitrogens is 3. The Balaban J connectivity index is 0.00000196. The van der Waals surface area contributed by atoms with Crippen LogP contribution in [0.1, 0.15) is 5.56 Å². The fourth-order valence-corrected chi connectivity index (χ4v) is 3.51. The highest BCUT2D eigenvalue weighted by Crippen LogP contribution is 2.29. The molecule has 0 aliphatic heterocycles. The smallest absolute Gasteiger partial charge is 0.168 e. The van der Waals surface area contributed by atoms with E-state index < -0.39 is 0 Å². The molecule has 28 heavy (non-hydrogen) atoms. The number of nitrogens with one attached hydrogen (secondary N) is 1. The van der Waals surface area contributed by atoms with Crippen LogP contribution in [0.15, 0.2) is 53.8 Å². The highest BCUT2D eigenvalue weighted by Gasteiger charge is 2.09. The van der Waals surface area contributed by atoms with Crippen LogP contribution < -0.4 is 9.64 Å². The van der Waals surface area contributed by atoms with Gasteiger partial charge in [0.05, 0.1) is 6.54 Å². The van der Waals surface area contributed by atoms with Crippen LogP contribution in [0.3, 0.4) is 0 Å². The Kier molecular flexibility index (Phi) is 10.9. The maximum absolute atomic E-state index is 5.98. The maximum Gasteiger partial charge on any atom is 0.168 e. The van der Waals surface area contributed by atoms with Gasteiger partial charge in [0.15, 0.2) is 10.3 Å². The summed E-state index contributed by atoms with van der Waals surface area (Å²) in [5, 5.41) is 1.33. The van der Waals surface area contributed by atoms with Crippen LogP contribution in [0.4, 0.5) is 5.82 Å². The van der Waals surface area contributed by atoms with E-state index >= 15 is 0 Å². The summed E-state index contributed by atoms with van der Waals surface area (Å²) in [5.74, 6) is 2.48. The summed E-state index contributed by atoms with van der Waals surface area (Å²) in [6, 6.07) is 13.8. The Morgan fingerprint density at radius 3 is 2.54 bits per heavy atom. The third-order valence-corrected chi connectivity index (χ3v) is 5.22. The lowest BCUT2D eigenvalue weighted by molar-refractivity contribution is 0.323. The molecule has 0 fully saturated rings. The minimum absolute atomic E-state index is 0. The van der Waals surface area contributed by atoms with Gasteiger partial charge in [-0.25, -0.2) is 9.97 Å². The number of ether oxygens (including phenoxy) is 1. The van der Waals surface area contributed by atoms with E-state index in [4.69, 9.17) is 27.9 Å². The van der Waals surface area contributed by atoms with Gasteiger partial charge in [-0.1, -0.05) is 59.2 Å². The normalized spacial score (nSPS) is 9.96. The van der Waals surface area contributed by atoms with Crippen molar-refractivity contribution in [3.05, 3.63) is 64.5 Å². The lowest BCUT2D eigenvalue weighted by Crippen LogP contribution is -2.24. The zero-order valence-corrected chi connectivity index (χ0v) is 18.9. The van der Waals surface area contributed by atoms with Crippen molar-refractivity contribution in [2.45, 2.75) is 10.9 Å². The molecule has 0 spiro atoms. The van der Waals surface area contributed by atoms with Crippen LogP contribution in [-0.2, 0) is 5.75 Å². The third kappa shape index (κ3) is 6.94. The van der Waals surface area contributed by atoms with Crippen molar-refractivity contribution >= 4 is 65.6 Å². The van der Waals surface area contributed by atoms with Crippen LogP contribution in [0.5, 0.6) is 5.75 Å². The average Bonchev–Trinajstić information content (AvgIpc) is 2.99. The second kappa shape index (κ2) is 12.3. The first-order chi connectivity index (χ1) is 12.6. The number of nitrogens with zero attached hydrogens (tertiary/aromatic N) is 3. The molecule has 10 heteroatoms. The minimum Gasteiger partial charge on any atom is -0.491 e. The Labute approximate surface area is 191 Å². The monoisotopic (exact) mass is 480 g/mol. The molecular formula is C18H20Cl4N4OS. The van der Waals surface area contributed by atoms with E-state index in [0.29, 0.717) is 22.7 Å². The number of hydrogen-bond donors (Lipinski definition) is 1. The summed E-state index contributed by atoms with van der Waals surface area (Å²) < 4.78 is 5.98. The number of para-hydroxylation sites is 1. The Morgan fingerprint density at radius 1 is 1.11 bits per heavy atom. The summed E-state index contributed by atoms with van der Waals surface area (Å²) in [7, 11) is 2.00. The van der Waals surface area contributed by atoms with Crippen molar-refractivity contribution in [1.29, 1.82) is 0 Å². The molecule has 0 aliphatic carbocycles. The molecule has 0 amide bonds. The zero-order chi connectivity index (χ0) is 18.4. The molecule has 0 aliphatic rings. The number of aromatic amines is 1. The van der Waals surface area contributed by atoms with Crippen LogP contribution >= 0.6 is 59.8 Å². The molecule has 152 valence electrons. The number of likely N-dealkylation sites (N-methyl/N-ethyl adjacent to an activating group) is 1. The second-order valence-electron chi connectivity index (χ2n) is 5.50. The minimum atomic E-state index is 0. The maximum atomic E-state index is 5.98. The largest absolute Gasteiger partial charge is 0.491 e. The predicted molar refractivity (Wildman–Crippen MR) is 122 cm³/mol. The Morgan fingerprint density at radius 2 is 1.86 bits per heavy atom. The van der Waals surface area contributed by atoms with Gasteiger partial charge in [0.25, 0.3) is 0 Å². The van der Waals surface area contributed by atoms with Gasteiger partial charge < -0.3 is 14.6 Å². The molecule has 3 aromatic rings. The summed E-state index contributed by atoms with van der Waals surface area (Å²) in [6.45, 7) is 1.30. The summed E-state index contributed by atoms with van der Waals surface area (Å²) in [5.41, 5.74) is 1.08.